The lowest BCUT2D eigenvalue weighted by molar-refractivity contribution is 0.265. The van der Waals surface area contributed by atoms with Crippen molar-refractivity contribution in [2.75, 3.05) is 23.9 Å². The largest absolute Gasteiger partial charge is 0.486 e. The van der Waals surface area contributed by atoms with Crippen LogP contribution in [0.1, 0.15) is 17.3 Å². The lowest BCUT2D eigenvalue weighted by atomic mass is 10.1. The molecule has 0 saturated heterocycles. The maximum atomic E-state index is 14.7. The SMILES string of the molecule is Cc1cn(-c2ccc(Nc3ncc4c(n3)N(C)C(c3ccc(F)cc3)CO4)cc2F)cn1. The molecule has 0 bridgehead atoms. The van der Waals surface area contributed by atoms with Gasteiger partial charge in [0.15, 0.2) is 11.6 Å². The van der Waals surface area contributed by atoms with Crippen LogP contribution in [0.15, 0.2) is 61.2 Å². The molecular formula is C23H20F2N6O. The second kappa shape index (κ2) is 7.92. The summed E-state index contributed by atoms with van der Waals surface area (Å²) in [5.74, 6) is 0.762. The Morgan fingerprint density at radius 1 is 1.09 bits per heavy atom. The third kappa shape index (κ3) is 3.73. The van der Waals surface area contributed by atoms with Crippen molar-refractivity contribution in [1.29, 1.82) is 0 Å². The summed E-state index contributed by atoms with van der Waals surface area (Å²) in [5.41, 5.74) is 2.63. The van der Waals surface area contributed by atoms with Gasteiger partial charge in [-0.05, 0) is 42.8 Å². The van der Waals surface area contributed by atoms with Gasteiger partial charge in [-0.15, -0.1) is 0 Å². The third-order valence-electron chi connectivity index (χ3n) is 5.38. The highest BCUT2D eigenvalue weighted by Gasteiger charge is 2.28. The predicted octanol–water partition coefficient (Wildman–Crippen LogP) is 4.56. The molecule has 5 rings (SSSR count). The van der Waals surface area contributed by atoms with E-state index in [1.807, 2.05) is 18.9 Å². The Bertz CT molecular complexity index is 1270. The molecule has 32 heavy (non-hydrogen) atoms. The maximum Gasteiger partial charge on any atom is 0.229 e. The number of fused-ring (bicyclic) bond motifs is 1. The van der Waals surface area contributed by atoms with Crippen molar-refractivity contribution in [3.05, 3.63) is 84.1 Å². The van der Waals surface area contributed by atoms with E-state index in [-0.39, 0.29) is 11.9 Å². The second-order valence-corrected chi connectivity index (χ2v) is 7.58. The molecule has 0 saturated carbocycles. The first kappa shape index (κ1) is 19.9. The number of aromatic nitrogens is 4. The molecule has 0 radical (unpaired) electrons. The second-order valence-electron chi connectivity index (χ2n) is 7.58. The first-order chi connectivity index (χ1) is 15.5. The number of imidazole rings is 1. The molecular weight excluding hydrogens is 414 g/mol. The van der Waals surface area contributed by atoms with Crippen LogP contribution < -0.4 is 15.0 Å². The fourth-order valence-electron chi connectivity index (χ4n) is 3.69. The average molecular weight is 434 g/mol. The Morgan fingerprint density at radius 3 is 2.62 bits per heavy atom. The van der Waals surface area contributed by atoms with Gasteiger partial charge in [0, 0.05) is 18.9 Å². The Balaban J connectivity index is 1.38. The van der Waals surface area contributed by atoms with Crippen molar-refractivity contribution in [2.24, 2.45) is 0 Å². The lowest BCUT2D eigenvalue weighted by Crippen LogP contribution is -2.34. The van der Waals surface area contributed by atoms with E-state index in [2.05, 4.69) is 20.3 Å². The quantitative estimate of drug-likeness (QED) is 0.508. The number of aryl methyl sites for hydroxylation is 1. The molecule has 1 aliphatic rings. The zero-order chi connectivity index (χ0) is 22.2. The molecule has 162 valence electrons. The van der Waals surface area contributed by atoms with Crippen LogP contribution >= 0.6 is 0 Å². The van der Waals surface area contributed by atoms with Crippen molar-refractivity contribution in [2.45, 2.75) is 13.0 Å². The van der Waals surface area contributed by atoms with Crippen molar-refractivity contribution in [1.82, 2.24) is 19.5 Å². The normalized spacial score (nSPS) is 15.2. The first-order valence-electron chi connectivity index (χ1n) is 10.0. The predicted molar refractivity (Wildman–Crippen MR) is 117 cm³/mol. The van der Waals surface area contributed by atoms with Gasteiger partial charge in [-0.25, -0.2) is 18.7 Å². The number of benzene rings is 2. The summed E-state index contributed by atoms with van der Waals surface area (Å²) in [6.07, 6.45) is 4.91. The van der Waals surface area contributed by atoms with Gasteiger partial charge in [0.2, 0.25) is 5.95 Å². The van der Waals surface area contributed by atoms with Crippen LogP contribution in [0.25, 0.3) is 5.69 Å². The van der Waals surface area contributed by atoms with Crippen molar-refractivity contribution < 1.29 is 13.5 Å². The maximum absolute atomic E-state index is 14.7. The summed E-state index contributed by atoms with van der Waals surface area (Å²) < 4.78 is 35.4. The molecule has 1 unspecified atom stereocenters. The number of nitrogens with one attached hydrogen (secondary N) is 1. The fraction of sp³-hybridized carbons (Fsp3) is 0.174. The number of halogens is 2. The number of rotatable bonds is 4. The summed E-state index contributed by atoms with van der Waals surface area (Å²) >= 11 is 0. The molecule has 1 N–H and O–H groups in total. The minimum atomic E-state index is -0.401. The van der Waals surface area contributed by atoms with E-state index < -0.39 is 5.82 Å². The molecule has 4 aromatic rings. The van der Waals surface area contributed by atoms with Gasteiger partial charge in [0.25, 0.3) is 0 Å². The summed E-state index contributed by atoms with van der Waals surface area (Å²) in [6.45, 7) is 2.24. The molecule has 0 fully saturated rings. The van der Waals surface area contributed by atoms with Crippen LogP contribution in [-0.4, -0.2) is 33.2 Å². The monoisotopic (exact) mass is 434 g/mol. The molecule has 1 aliphatic heterocycles. The fourth-order valence-corrected chi connectivity index (χ4v) is 3.69. The Hall–Kier alpha value is -4.01. The molecule has 7 nitrogen and oxygen atoms in total. The van der Waals surface area contributed by atoms with E-state index in [9.17, 15) is 8.78 Å². The number of hydrogen-bond donors (Lipinski definition) is 1. The van der Waals surface area contributed by atoms with Crippen LogP contribution in [0, 0.1) is 18.6 Å². The molecule has 0 spiro atoms. The van der Waals surface area contributed by atoms with E-state index in [0.29, 0.717) is 35.5 Å². The molecule has 2 aromatic carbocycles. The van der Waals surface area contributed by atoms with Crippen LogP contribution in [0.3, 0.4) is 0 Å². The molecule has 2 aromatic heterocycles. The van der Waals surface area contributed by atoms with E-state index in [4.69, 9.17) is 4.74 Å². The number of hydrogen-bond acceptors (Lipinski definition) is 6. The van der Waals surface area contributed by atoms with E-state index in [0.717, 1.165) is 11.3 Å². The van der Waals surface area contributed by atoms with Gasteiger partial charge in [-0.2, -0.15) is 4.98 Å². The molecule has 3 heterocycles. The summed E-state index contributed by atoms with van der Waals surface area (Å²) in [6, 6.07) is 11.0. The van der Waals surface area contributed by atoms with Gasteiger partial charge >= 0.3 is 0 Å². The van der Waals surface area contributed by atoms with Gasteiger partial charge in [-0.3, -0.25) is 0 Å². The standard InChI is InChI=1S/C23H20F2N6O/c1-14-11-31(13-27-14)19-8-7-17(9-18(19)25)28-23-26-10-21-22(29-23)30(2)20(12-32-21)15-3-5-16(24)6-4-15/h3-11,13,20H,12H2,1-2H3,(H,26,28,29). The van der Waals surface area contributed by atoms with Crippen molar-refractivity contribution >= 4 is 17.5 Å². The van der Waals surface area contributed by atoms with Crippen LogP contribution in [-0.2, 0) is 0 Å². The zero-order valence-electron chi connectivity index (χ0n) is 17.5. The average Bonchev–Trinajstić information content (AvgIpc) is 3.21. The Morgan fingerprint density at radius 2 is 1.91 bits per heavy atom. The van der Waals surface area contributed by atoms with Crippen molar-refractivity contribution in [3.8, 4) is 11.4 Å². The first-order valence-corrected chi connectivity index (χ1v) is 10.0. The summed E-state index contributed by atoms with van der Waals surface area (Å²) in [4.78, 5) is 14.9. The molecule has 0 amide bonds. The summed E-state index contributed by atoms with van der Waals surface area (Å²) in [7, 11) is 1.90. The highest BCUT2D eigenvalue weighted by Crippen LogP contribution is 2.37. The van der Waals surface area contributed by atoms with Gasteiger partial charge in [0.05, 0.1) is 29.9 Å². The highest BCUT2D eigenvalue weighted by atomic mass is 19.1. The highest BCUT2D eigenvalue weighted by molar-refractivity contribution is 5.61. The smallest absolute Gasteiger partial charge is 0.229 e. The van der Waals surface area contributed by atoms with Gasteiger partial charge in [0.1, 0.15) is 18.2 Å². The minimum Gasteiger partial charge on any atom is -0.486 e. The number of nitrogens with zero attached hydrogens (tertiary/aromatic N) is 5. The van der Waals surface area contributed by atoms with Gasteiger partial charge in [-0.1, -0.05) is 12.1 Å². The topological polar surface area (TPSA) is 68.1 Å². The number of likely N-dealkylation sites (N-methyl/N-ethyl adjacent to an activating group) is 1. The van der Waals surface area contributed by atoms with Crippen LogP contribution in [0.4, 0.5) is 26.2 Å². The molecule has 9 heteroatoms. The van der Waals surface area contributed by atoms with Crippen LogP contribution in [0.5, 0.6) is 5.75 Å². The van der Waals surface area contributed by atoms with Crippen LogP contribution in [0.2, 0.25) is 0 Å². The third-order valence-corrected chi connectivity index (χ3v) is 5.38. The summed E-state index contributed by atoms with van der Waals surface area (Å²) in [5, 5.41) is 3.04. The van der Waals surface area contributed by atoms with Gasteiger partial charge < -0.3 is 19.5 Å². The van der Waals surface area contributed by atoms with Crippen molar-refractivity contribution in [3.63, 3.8) is 0 Å². The molecule has 1 atom stereocenters. The van der Waals surface area contributed by atoms with E-state index in [1.165, 1.54) is 18.2 Å². The molecule has 0 aliphatic carbocycles. The number of ether oxygens (including phenoxy) is 1. The number of anilines is 3. The Labute approximate surface area is 183 Å². The lowest BCUT2D eigenvalue weighted by Gasteiger charge is -2.35. The van der Waals surface area contributed by atoms with E-state index >= 15 is 0 Å². The zero-order valence-corrected chi connectivity index (χ0v) is 17.5. The van der Waals surface area contributed by atoms with E-state index in [1.54, 1.807) is 47.6 Å². The minimum absolute atomic E-state index is 0.124. The Kier molecular flexibility index (Phi) is 4.93.